The SMILES string of the molecule is CC(C)[C@@H](C)C=C[C@@H](C)[C@H]1CC[C@H]2C3=CC=C4C[C@H](O)CC[C@]4(C)[C@H]3CC[C@]12C. The van der Waals surface area contributed by atoms with Crippen molar-refractivity contribution in [3.8, 4) is 0 Å². The molecule has 3 fully saturated rings. The van der Waals surface area contributed by atoms with Crippen LogP contribution in [0.15, 0.2) is 35.5 Å². The summed E-state index contributed by atoms with van der Waals surface area (Å²) in [5.41, 5.74) is 4.07. The molecular formula is C28H44O. The predicted molar refractivity (Wildman–Crippen MR) is 123 cm³/mol. The van der Waals surface area contributed by atoms with E-state index in [9.17, 15) is 5.11 Å². The second kappa shape index (κ2) is 7.70. The lowest BCUT2D eigenvalue weighted by Crippen LogP contribution is -2.46. The molecule has 1 heteroatoms. The van der Waals surface area contributed by atoms with Gasteiger partial charge in [-0.15, -0.1) is 0 Å². The van der Waals surface area contributed by atoms with E-state index in [0.29, 0.717) is 22.7 Å². The molecule has 4 rings (SSSR count). The van der Waals surface area contributed by atoms with Gasteiger partial charge >= 0.3 is 0 Å². The average Bonchev–Trinajstić information content (AvgIpc) is 3.03. The van der Waals surface area contributed by atoms with E-state index in [-0.39, 0.29) is 6.10 Å². The Morgan fingerprint density at radius 2 is 1.69 bits per heavy atom. The minimum absolute atomic E-state index is 0.116. The molecule has 0 saturated heterocycles. The van der Waals surface area contributed by atoms with Crippen molar-refractivity contribution in [2.45, 2.75) is 92.6 Å². The molecule has 1 nitrogen and oxygen atoms in total. The summed E-state index contributed by atoms with van der Waals surface area (Å²) in [4.78, 5) is 0. The van der Waals surface area contributed by atoms with E-state index in [1.54, 1.807) is 5.57 Å². The van der Waals surface area contributed by atoms with Crippen LogP contribution in [0.25, 0.3) is 0 Å². The second-order valence-electron chi connectivity index (χ2n) is 11.9. The zero-order valence-electron chi connectivity index (χ0n) is 19.7. The van der Waals surface area contributed by atoms with Crippen LogP contribution in [0, 0.1) is 46.3 Å². The molecular weight excluding hydrogens is 352 g/mol. The normalized spacial score (nSPS) is 44.0. The lowest BCUT2D eigenvalue weighted by atomic mass is 9.50. The highest BCUT2D eigenvalue weighted by Gasteiger charge is 2.56. The molecule has 0 aliphatic heterocycles. The highest BCUT2D eigenvalue weighted by Crippen LogP contribution is 2.65. The maximum absolute atomic E-state index is 10.2. The van der Waals surface area contributed by atoms with E-state index in [2.05, 4.69) is 65.8 Å². The molecule has 3 saturated carbocycles. The number of aliphatic hydroxyl groups is 1. The Labute approximate surface area is 179 Å². The first-order valence-corrected chi connectivity index (χ1v) is 12.4. The molecule has 0 spiro atoms. The lowest BCUT2D eigenvalue weighted by molar-refractivity contribution is 0.0382. The van der Waals surface area contributed by atoms with Crippen LogP contribution < -0.4 is 0 Å². The number of hydrogen-bond donors (Lipinski definition) is 1. The molecule has 29 heavy (non-hydrogen) atoms. The molecule has 0 radical (unpaired) electrons. The molecule has 0 aromatic carbocycles. The minimum atomic E-state index is -0.116. The molecule has 0 aromatic heterocycles. The Morgan fingerprint density at radius 1 is 0.931 bits per heavy atom. The fraction of sp³-hybridized carbons (Fsp3) is 0.786. The molecule has 0 bridgehead atoms. The molecule has 0 aromatic rings. The van der Waals surface area contributed by atoms with Gasteiger partial charge in [-0.1, -0.05) is 77.0 Å². The predicted octanol–water partition coefficient (Wildman–Crippen LogP) is 7.33. The van der Waals surface area contributed by atoms with Gasteiger partial charge in [0.15, 0.2) is 0 Å². The summed E-state index contributed by atoms with van der Waals surface area (Å²) in [6.45, 7) is 14.6. The summed E-state index contributed by atoms with van der Waals surface area (Å²) < 4.78 is 0. The van der Waals surface area contributed by atoms with Gasteiger partial charge in [0, 0.05) is 0 Å². The topological polar surface area (TPSA) is 20.2 Å². The lowest BCUT2D eigenvalue weighted by Gasteiger charge is -2.55. The van der Waals surface area contributed by atoms with Gasteiger partial charge in [-0.05, 0) is 91.3 Å². The van der Waals surface area contributed by atoms with Crippen LogP contribution in [0.5, 0.6) is 0 Å². The zero-order valence-corrected chi connectivity index (χ0v) is 19.7. The minimum Gasteiger partial charge on any atom is -0.393 e. The number of fused-ring (bicyclic) bond motifs is 5. The van der Waals surface area contributed by atoms with Crippen molar-refractivity contribution in [2.24, 2.45) is 46.3 Å². The zero-order chi connectivity index (χ0) is 21.0. The van der Waals surface area contributed by atoms with Crippen molar-refractivity contribution >= 4 is 0 Å². The Morgan fingerprint density at radius 3 is 2.41 bits per heavy atom. The third-order valence-corrected chi connectivity index (χ3v) is 10.0. The third kappa shape index (κ3) is 3.50. The van der Waals surface area contributed by atoms with Crippen LogP contribution in [0.4, 0.5) is 0 Å². The van der Waals surface area contributed by atoms with Crippen molar-refractivity contribution in [3.05, 3.63) is 35.5 Å². The highest BCUT2D eigenvalue weighted by molar-refractivity contribution is 5.39. The standard InChI is InChI=1S/C28H44O/c1-18(2)19(3)7-8-20(4)24-11-12-25-23-10-9-21-17-22(29)13-15-27(21,5)26(23)14-16-28(24,25)6/h7-10,18-20,22,24-26,29H,11-17H2,1-6H3/t19-,20+,22+,24+,25-,26-,27-,28+/m0/s1. The van der Waals surface area contributed by atoms with E-state index in [0.717, 1.165) is 36.5 Å². The Hall–Kier alpha value is -0.820. The van der Waals surface area contributed by atoms with Gasteiger partial charge in [0.1, 0.15) is 0 Å². The van der Waals surface area contributed by atoms with Gasteiger partial charge in [-0.25, -0.2) is 0 Å². The summed E-state index contributed by atoms with van der Waals surface area (Å²) in [6, 6.07) is 0. The maximum atomic E-state index is 10.2. The van der Waals surface area contributed by atoms with Gasteiger partial charge in [-0.3, -0.25) is 0 Å². The fourth-order valence-electron chi connectivity index (χ4n) is 7.59. The second-order valence-corrected chi connectivity index (χ2v) is 11.9. The van der Waals surface area contributed by atoms with Gasteiger partial charge in [0.2, 0.25) is 0 Å². The van der Waals surface area contributed by atoms with Crippen molar-refractivity contribution in [2.75, 3.05) is 0 Å². The fourth-order valence-corrected chi connectivity index (χ4v) is 7.59. The molecule has 0 unspecified atom stereocenters. The molecule has 4 aliphatic carbocycles. The number of rotatable bonds is 4. The number of aliphatic hydroxyl groups excluding tert-OH is 1. The van der Waals surface area contributed by atoms with Gasteiger partial charge in [0.25, 0.3) is 0 Å². The number of hydrogen-bond acceptors (Lipinski definition) is 1. The van der Waals surface area contributed by atoms with Gasteiger partial charge in [-0.2, -0.15) is 0 Å². The van der Waals surface area contributed by atoms with Crippen LogP contribution in [-0.2, 0) is 0 Å². The summed E-state index contributed by atoms with van der Waals surface area (Å²) >= 11 is 0. The third-order valence-electron chi connectivity index (χ3n) is 10.0. The van der Waals surface area contributed by atoms with Crippen LogP contribution in [0.2, 0.25) is 0 Å². The smallest absolute Gasteiger partial charge is 0.0578 e. The van der Waals surface area contributed by atoms with E-state index >= 15 is 0 Å². The van der Waals surface area contributed by atoms with E-state index in [1.807, 2.05) is 0 Å². The monoisotopic (exact) mass is 396 g/mol. The first kappa shape index (κ1) is 21.4. The molecule has 162 valence electrons. The summed E-state index contributed by atoms with van der Waals surface area (Å²) in [5.74, 6) is 4.38. The van der Waals surface area contributed by atoms with Crippen LogP contribution in [0.1, 0.15) is 86.5 Å². The first-order valence-electron chi connectivity index (χ1n) is 12.4. The summed E-state index contributed by atoms with van der Waals surface area (Å²) in [7, 11) is 0. The van der Waals surface area contributed by atoms with Crippen molar-refractivity contribution < 1.29 is 5.11 Å². The Bertz CT molecular complexity index is 712. The van der Waals surface area contributed by atoms with E-state index < -0.39 is 0 Å². The summed E-state index contributed by atoms with van der Waals surface area (Å²) in [6.07, 6.45) is 18.4. The average molecular weight is 397 g/mol. The number of allylic oxidation sites excluding steroid dienone is 5. The molecule has 8 atom stereocenters. The molecule has 0 heterocycles. The van der Waals surface area contributed by atoms with Crippen LogP contribution in [0.3, 0.4) is 0 Å². The van der Waals surface area contributed by atoms with Gasteiger partial charge in [0.05, 0.1) is 6.10 Å². The summed E-state index contributed by atoms with van der Waals surface area (Å²) in [5, 5.41) is 10.2. The molecule has 4 aliphatic rings. The maximum Gasteiger partial charge on any atom is 0.0578 e. The van der Waals surface area contributed by atoms with Crippen molar-refractivity contribution in [1.29, 1.82) is 0 Å². The van der Waals surface area contributed by atoms with E-state index in [4.69, 9.17) is 0 Å². The van der Waals surface area contributed by atoms with Crippen LogP contribution in [-0.4, -0.2) is 11.2 Å². The van der Waals surface area contributed by atoms with Gasteiger partial charge < -0.3 is 5.11 Å². The van der Waals surface area contributed by atoms with Crippen molar-refractivity contribution in [1.82, 2.24) is 0 Å². The molecule has 0 amide bonds. The van der Waals surface area contributed by atoms with Crippen molar-refractivity contribution in [3.63, 3.8) is 0 Å². The van der Waals surface area contributed by atoms with Crippen LogP contribution >= 0.6 is 0 Å². The van der Waals surface area contributed by atoms with E-state index in [1.165, 1.54) is 37.7 Å². The first-order chi connectivity index (χ1) is 13.7. The Kier molecular flexibility index (Phi) is 5.69. The molecule has 1 N–H and O–H groups in total. The Balaban J connectivity index is 1.57. The highest BCUT2D eigenvalue weighted by atomic mass is 16.3. The largest absolute Gasteiger partial charge is 0.393 e. The quantitative estimate of drug-likeness (QED) is 0.493.